The van der Waals surface area contributed by atoms with Crippen LogP contribution < -0.4 is 5.32 Å². The summed E-state index contributed by atoms with van der Waals surface area (Å²) < 4.78 is 24.0. The zero-order valence-electron chi connectivity index (χ0n) is 20.6. The molecule has 2 N–H and O–H groups in total. The number of hydrogen-bond acceptors (Lipinski definition) is 7. The van der Waals surface area contributed by atoms with Gasteiger partial charge < -0.3 is 29.4 Å². The van der Waals surface area contributed by atoms with Crippen molar-refractivity contribution in [1.82, 2.24) is 0 Å². The van der Waals surface area contributed by atoms with Crippen LogP contribution in [0.2, 0.25) is 0 Å². The van der Waals surface area contributed by atoms with Crippen LogP contribution in [-0.4, -0.2) is 67.5 Å². The summed E-state index contributed by atoms with van der Waals surface area (Å²) in [6, 6.07) is 7.63. The second kappa shape index (κ2) is 10.2. The number of methoxy groups -OCH3 is 1. The molecule has 6 atom stereocenters. The van der Waals surface area contributed by atoms with E-state index in [1.165, 1.54) is 11.6 Å². The number of aliphatic hydroxyl groups is 1. The van der Waals surface area contributed by atoms with Crippen molar-refractivity contribution in [1.29, 1.82) is 0 Å². The highest BCUT2D eigenvalue weighted by Gasteiger charge is 2.72. The summed E-state index contributed by atoms with van der Waals surface area (Å²) in [7, 11) is 1.68. The van der Waals surface area contributed by atoms with Gasteiger partial charge >= 0.3 is 5.97 Å². The lowest BCUT2D eigenvalue weighted by atomic mass is 9.68. The number of ether oxygens (including phenoxy) is 4. The van der Waals surface area contributed by atoms with Gasteiger partial charge in [0, 0.05) is 25.4 Å². The van der Waals surface area contributed by atoms with E-state index < -0.39 is 0 Å². The largest absolute Gasteiger partial charge is 0.456 e. The van der Waals surface area contributed by atoms with Gasteiger partial charge in [0.1, 0.15) is 23.4 Å². The SMILES string of the molecule is CO[C@@H]1[C@H](OC(=O)C=Cc2ccc(NCCO)cc2)CC[C@]2(CO2)[C@H]1[C@@]1(C)O[C@@H]1CC=C(C)C. The molecule has 0 amide bonds. The lowest BCUT2D eigenvalue weighted by molar-refractivity contribution is -0.166. The van der Waals surface area contributed by atoms with E-state index in [0.29, 0.717) is 19.6 Å². The van der Waals surface area contributed by atoms with Gasteiger partial charge in [-0.15, -0.1) is 0 Å². The molecule has 1 aromatic rings. The third-order valence-corrected chi connectivity index (χ3v) is 7.27. The highest BCUT2D eigenvalue weighted by atomic mass is 16.6. The molecule has 0 bridgehead atoms. The molecule has 2 heterocycles. The van der Waals surface area contributed by atoms with Crippen molar-refractivity contribution >= 4 is 17.7 Å². The fourth-order valence-electron chi connectivity index (χ4n) is 5.34. The summed E-state index contributed by atoms with van der Waals surface area (Å²) in [5.74, 6) is -0.376. The summed E-state index contributed by atoms with van der Waals surface area (Å²) in [6.45, 7) is 7.60. The molecule has 1 spiro atoms. The summed E-state index contributed by atoms with van der Waals surface area (Å²) >= 11 is 0. The molecular weight excluding hydrogens is 434 g/mol. The van der Waals surface area contributed by atoms with Crippen LogP contribution >= 0.6 is 0 Å². The smallest absolute Gasteiger partial charge is 0.331 e. The number of benzene rings is 1. The number of rotatable bonds is 10. The molecule has 2 saturated heterocycles. The number of epoxide rings is 2. The Hall–Kier alpha value is -2.19. The number of nitrogens with one attached hydrogen (secondary N) is 1. The summed E-state index contributed by atoms with van der Waals surface area (Å²) in [5, 5.41) is 12.0. The normalized spacial score (nSPS) is 34.1. The Labute approximate surface area is 202 Å². The van der Waals surface area contributed by atoms with E-state index in [1.54, 1.807) is 13.2 Å². The van der Waals surface area contributed by atoms with Gasteiger partial charge in [0.15, 0.2) is 0 Å². The summed E-state index contributed by atoms with van der Waals surface area (Å²) in [6.07, 6.45) is 7.29. The fourth-order valence-corrected chi connectivity index (χ4v) is 5.34. The Morgan fingerprint density at radius 3 is 2.65 bits per heavy atom. The average molecular weight is 472 g/mol. The van der Waals surface area contributed by atoms with Gasteiger partial charge in [-0.3, -0.25) is 0 Å². The highest BCUT2D eigenvalue weighted by molar-refractivity contribution is 5.87. The van der Waals surface area contributed by atoms with Crippen LogP contribution in [0.4, 0.5) is 5.69 Å². The first-order chi connectivity index (χ1) is 16.3. The maximum Gasteiger partial charge on any atom is 0.331 e. The molecule has 0 unspecified atom stereocenters. The number of carbonyl (C=O) groups is 1. The summed E-state index contributed by atoms with van der Waals surface area (Å²) in [5.41, 5.74) is 2.49. The minimum Gasteiger partial charge on any atom is -0.456 e. The minimum atomic E-state index is -0.385. The van der Waals surface area contributed by atoms with Crippen LogP contribution in [0.15, 0.2) is 42.0 Å². The quantitative estimate of drug-likeness (QED) is 0.232. The van der Waals surface area contributed by atoms with Crippen molar-refractivity contribution in [3.8, 4) is 0 Å². The first-order valence-corrected chi connectivity index (χ1v) is 12.1. The molecule has 2 aliphatic heterocycles. The molecule has 1 aliphatic carbocycles. The number of aliphatic hydroxyl groups excluding tert-OH is 1. The molecule has 34 heavy (non-hydrogen) atoms. The molecule has 3 fully saturated rings. The van der Waals surface area contributed by atoms with Gasteiger partial charge in [0.05, 0.1) is 25.2 Å². The van der Waals surface area contributed by atoms with Crippen molar-refractivity contribution in [2.24, 2.45) is 5.92 Å². The van der Waals surface area contributed by atoms with E-state index in [4.69, 9.17) is 24.1 Å². The first-order valence-electron chi connectivity index (χ1n) is 12.1. The van der Waals surface area contributed by atoms with E-state index in [9.17, 15) is 4.79 Å². The van der Waals surface area contributed by atoms with Crippen LogP contribution in [0.5, 0.6) is 0 Å². The molecule has 1 saturated carbocycles. The van der Waals surface area contributed by atoms with Crippen molar-refractivity contribution in [3.63, 3.8) is 0 Å². The maximum atomic E-state index is 12.7. The van der Waals surface area contributed by atoms with Gasteiger partial charge in [-0.25, -0.2) is 4.79 Å². The van der Waals surface area contributed by atoms with Crippen molar-refractivity contribution in [3.05, 3.63) is 47.6 Å². The van der Waals surface area contributed by atoms with Crippen molar-refractivity contribution < 1.29 is 28.8 Å². The number of anilines is 1. The average Bonchev–Trinajstić information content (AvgIpc) is 3.74. The van der Waals surface area contributed by atoms with E-state index in [0.717, 1.165) is 24.1 Å². The predicted octanol–water partition coefficient (Wildman–Crippen LogP) is 3.72. The first kappa shape index (κ1) is 24.9. The van der Waals surface area contributed by atoms with Gasteiger partial charge in [-0.2, -0.15) is 0 Å². The van der Waals surface area contributed by atoms with E-state index >= 15 is 0 Å². The second-order valence-electron chi connectivity index (χ2n) is 9.96. The molecule has 0 aromatic heterocycles. The monoisotopic (exact) mass is 471 g/mol. The van der Waals surface area contributed by atoms with Crippen LogP contribution in [-0.2, 0) is 23.7 Å². The van der Waals surface area contributed by atoms with Gasteiger partial charge in [0.2, 0.25) is 0 Å². The number of esters is 1. The van der Waals surface area contributed by atoms with Crippen LogP contribution in [0.25, 0.3) is 6.08 Å². The number of allylic oxidation sites excluding steroid dienone is 1. The van der Waals surface area contributed by atoms with Gasteiger partial charge in [-0.1, -0.05) is 23.8 Å². The molecule has 0 radical (unpaired) electrons. The lowest BCUT2D eigenvalue weighted by Crippen LogP contribution is -2.55. The molecule has 7 heteroatoms. The van der Waals surface area contributed by atoms with Gasteiger partial charge in [0.25, 0.3) is 0 Å². The van der Waals surface area contributed by atoms with E-state index in [1.807, 2.05) is 24.3 Å². The maximum absolute atomic E-state index is 12.7. The standard InChI is InChI=1S/C27H37NO6/c1-18(2)5-11-22-26(3,34-22)25-24(31-4)21(13-14-27(25)17-32-27)33-23(30)12-8-19-6-9-20(10-7-19)28-15-16-29/h5-10,12,21-22,24-25,28-29H,11,13-17H2,1-4H3/t21-,22-,24-,25-,26+,27+/m1/s1. The van der Waals surface area contributed by atoms with Crippen LogP contribution in [0.1, 0.15) is 45.6 Å². The van der Waals surface area contributed by atoms with Crippen molar-refractivity contribution in [2.45, 2.75) is 69.5 Å². The molecular formula is C27H37NO6. The minimum absolute atomic E-state index is 0.00931. The molecule has 7 nitrogen and oxygen atoms in total. The number of hydrogen-bond donors (Lipinski definition) is 2. The highest BCUT2D eigenvalue weighted by Crippen LogP contribution is 2.59. The Kier molecular flexibility index (Phi) is 7.48. The summed E-state index contributed by atoms with van der Waals surface area (Å²) in [4.78, 5) is 12.7. The molecule has 186 valence electrons. The van der Waals surface area contributed by atoms with E-state index in [-0.39, 0.29) is 48.0 Å². The Morgan fingerprint density at radius 1 is 1.29 bits per heavy atom. The lowest BCUT2D eigenvalue weighted by Gasteiger charge is -2.42. The molecule has 3 aliphatic rings. The van der Waals surface area contributed by atoms with Crippen molar-refractivity contribution in [2.75, 3.05) is 32.2 Å². The molecule has 4 rings (SSSR count). The Bertz CT molecular complexity index is 918. The van der Waals surface area contributed by atoms with Crippen LogP contribution in [0, 0.1) is 5.92 Å². The third-order valence-electron chi connectivity index (χ3n) is 7.27. The van der Waals surface area contributed by atoms with Gasteiger partial charge in [-0.05, 0) is 63.8 Å². The van der Waals surface area contributed by atoms with E-state index in [2.05, 4.69) is 32.2 Å². The Morgan fingerprint density at radius 2 is 2.03 bits per heavy atom. The van der Waals surface area contributed by atoms with Crippen LogP contribution in [0.3, 0.4) is 0 Å². The fraction of sp³-hybridized carbons (Fsp3) is 0.593. The second-order valence-corrected chi connectivity index (χ2v) is 9.96. The third kappa shape index (κ3) is 5.38. The number of carbonyl (C=O) groups excluding carboxylic acids is 1. The topological polar surface area (TPSA) is 92.9 Å². The Balaban J connectivity index is 1.39. The zero-order valence-corrected chi connectivity index (χ0v) is 20.6. The zero-order chi connectivity index (χ0) is 24.3. The molecule has 1 aromatic carbocycles. The predicted molar refractivity (Wildman–Crippen MR) is 130 cm³/mol.